The van der Waals surface area contributed by atoms with Gasteiger partial charge in [-0.1, -0.05) is 54.6 Å². The second-order valence-corrected chi connectivity index (χ2v) is 7.13. The van der Waals surface area contributed by atoms with E-state index in [-0.39, 0.29) is 12.5 Å². The van der Waals surface area contributed by atoms with Crippen LogP contribution in [0.5, 0.6) is 0 Å². The van der Waals surface area contributed by atoms with Crippen molar-refractivity contribution in [2.45, 2.75) is 12.0 Å². The van der Waals surface area contributed by atoms with Crippen molar-refractivity contribution in [1.29, 1.82) is 0 Å². The highest BCUT2D eigenvalue weighted by molar-refractivity contribution is 7.25. The summed E-state index contributed by atoms with van der Waals surface area (Å²) in [5.74, 6) is -0.112. The van der Waals surface area contributed by atoms with Crippen LogP contribution >= 0.6 is 11.3 Å². The maximum absolute atomic E-state index is 10.5. The van der Waals surface area contributed by atoms with Crippen LogP contribution < -0.4 is 5.73 Å². The van der Waals surface area contributed by atoms with Crippen LogP contribution in [-0.4, -0.2) is 17.8 Å². The van der Waals surface area contributed by atoms with E-state index in [0.717, 1.165) is 11.1 Å². The number of aliphatic hydroxyl groups is 1. The minimum atomic E-state index is -0.602. The Bertz CT molecular complexity index is 977. The molecule has 1 heterocycles. The van der Waals surface area contributed by atoms with E-state index in [4.69, 9.17) is 5.73 Å². The molecular weight excluding hydrogens is 314 g/mol. The summed E-state index contributed by atoms with van der Waals surface area (Å²) in [7, 11) is 0. The fraction of sp³-hybridized carbons (Fsp3) is 0.143. The molecule has 3 aromatic carbocycles. The van der Waals surface area contributed by atoms with Crippen LogP contribution in [0.1, 0.15) is 17.0 Å². The minimum Gasteiger partial charge on any atom is -0.391 e. The third-order valence-corrected chi connectivity index (χ3v) is 5.70. The molecule has 0 spiro atoms. The third kappa shape index (κ3) is 2.61. The first-order valence-corrected chi connectivity index (χ1v) is 8.94. The highest BCUT2D eigenvalue weighted by Crippen LogP contribution is 2.37. The van der Waals surface area contributed by atoms with Gasteiger partial charge in [-0.15, -0.1) is 11.3 Å². The van der Waals surface area contributed by atoms with Gasteiger partial charge in [0.25, 0.3) is 0 Å². The van der Waals surface area contributed by atoms with E-state index in [9.17, 15) is 5.11 Å². The molecule has 2 atom stereocenters. The highest BCUT2D eigenvalue weighted by atomic mass is 32.1. The van der Waals surface area contributed by atoms with E-state index in [0.29, 0.717) is 0 Å². The van der Waals surface area contributed by atoms with Gasteiger partial charge >= 0.3 is 0 Å². The maximum atomic E-state index is 10.5. The Morgan fingerprint density at radius 2 is 1.50 bits per heavy atom. The van der Waals surface area contributed by atoms with Gasteiger partial charge in [0.15, 0.2) is 0 Å². The molecule has 0 saturated heterocycles. The summed E-state index contributed by atoms with van der Waals surface area (Å²) in [6.45, 7) is 0.238. The van der Waals surface area contributed by atoms with Crippen molar-refractivity contribution in [2.24, 2.45) is 5.73 Å². The highest BCUT2D eigenvalue weighted by Gasteiger charge is 2.22. The van der Waals surface area contributed by atoms with Gasteiger partial charge in [-0.25, -0.2) is 0 Å². The average Bonchev–Trinajstić information content (AvgIpc) is 3.01. The van der Waals surface area contributed by atoms with Crippen molar-refractivity contribution in [3.8, 4) is 0 Å². The molecule has 1 aromatic heterocycles. The zero-order valence-electron chi connectivity index (χ0n) is 13.2. The van der Waals surface area contributed by atoms with Crippen LogP contribution in [0.4, 0.5) is 0 Å². The molecule has 0 saturated carbocycles. The van der Waals surface area contributed by atoms with Crippen molar-refractivity contribution in [2.75, 3.05) is 6.54 Å². The number of rotatable bonds is 4. The average molecular weight is 333 g/mol. The van der Waals surface area contributed by atoms with Gasteiger partial charge in [0, 0.05) is 32.6 Å². The minimum absolute atomic E-state index is 0.112. The Morgan fingerprint density at radius 3 is 2.29 bits per heavy atom. The number of nitrogens with two attached hydrogens (primary N) is 1. The lowest BCUT2D eigenvalue weighted by Gasteiger charge is -2.23. The van der Waals surface area contributed by atoms with Gasteiger partial charge in [0.05, 0.1) is 6.10 Å². The van der Waals surface area contributed by atoms with Gasteiger partial charge < -0.3 is 10.8 Å². The summed E-state index contributed by atoms with van der Waals surface area (Å²) >= 11 is 1.80. The van der Waals surface area contributed by atoms with Crippen molar-refractivity contribution < 1.29 is 5.11 Å². The summed E-state index contributed by atoms with van der Waals surface area (Å²) in [5, 5.41) is 13.1. The SMILES string of the molecule is NCC(O)C(c1ccccc1)c1ccc2sc3ccccc3c2c1. The Hall–Kier alpha value is -2.20. The molecule has 0 fully saturated rings. The quantitative estimate of drug-likeness (QED) is 0.577. The second-order valence-electron chi connectivity index (χ2n) is 6.05. The first kappa shape index (κ1) is 15.3. The Balaban J connectivity index is 1.90. The van der Waals surface area contributed by atoms with Crippen molar-refractivity contribution in [3.63, 3.8) is 0 Å². The summed E-state index contributed by atoms with van der Waals surface area (Å²) < 4.78 is 2.56. The van der Waals surface area contributed by atoms with Crippen LogP contribution in [0, 0.1) is 0 Å². The van der Waals surface area contributed by atoms with Gasteiger partial charge in [-0.2, -0.15) is 0 Å². The number of hydrogen-bond donors (Lipinski definition) is 2. The number of thiophene rings is 1. The van der Waals surface area contributed by atoms with E-state index < -0.39 is 6.10 Å². The molecule has 4 aromatic rings. The second kappa shape index (κ2) is 6.36. The summed E-state index contributed by atoms with van der Waals surface area (Å²) in [4.78, 5) is 0. The van der Waals surface area contributed by atoms with Crippen LogP contribution in [0.3, 0.4) is 0 Å². The number of aliphatic hydroxyl groups excluding tert-OH is 1. The largest absolute Gasteiger partial charge is 0.391 e. The van der Waals surface area contributed by atoms with Crippen molar-refractivity contribution in [1.82, 2.24) is 0 Å². The predicted molar refractivity (Wildman–Crippen MR) is 103 cm³/mol. The molecule has 24 heavy (non-hydrogen) atoms. The van der Waals surface area contributed by atoms with Gasteiger partial charge in [0.1, 0.15) is 0 Å². The molecule has 0 aliphatic rings. The molecule has 0 radical (unpaired) electrons. The number of benzene rings is 3. The predicted octanol–water partition coefficient (Wildman–Crippen LogP) is 4.51. The first-order chi connectivity index (χ1) is 11.8. The third-order valence-electron chi connectivity index (χ3n) is 4.54. The molecule has 3 heteroatoms. The number of fused-ring (bicyclic) bond motifs is 3. The van der Waals surface area contributed by atoms with Crippen molar-refractivity contribution >= 4 is 31.5 Å². The summed E-state index contributed by atoms with van der Waals surface area (Å²) in [6.07, 6.45) is -0.602. The monoisotopic (exact) mass is 333 g/mol. The normalized spacial score (nSPS) is 14.1. The standard InChI is InChI=1S/C21H19NOS/c22-13-18(23)21(14-6-2-1-3-7-14)15-10-11-20-17(12-15)16-8-4-5-9-19(16)24-20/h1-12,18,21,23H,13,22H2. The summed E-state index contributed by atoms with van der Waals surface area (Å²) in [6, 6.07) is 25.1. The first-order valence-electron chi connectivity index (χ1n) is 8.12. The van der Waals surface area contributed by atoms with Crippen LogP contribution in [0.2, 0.25) is 0 Å². The molecule has 0 aliphatic heterocycles. The fourth-order valence-electron chi connectivity index (χ4n) is 3.37. The van der Waals surface area contributed by atoms with Crippen molar-refractivity contribution in [3.05, 3.63) is 83.9 Å². The summed E-state index contributed by atoms with van der Waals surface area (Å²) in [5.41, 5.74) is 7.98. The molecular formula is C21H19NOS. The van der Waals surface area contributed by atoms with Gasteiger partial charge in [0.2, 0.25) is 0 Å². The van der Waals surface area contributed by atoms with Crippen LogP contribution in [0.15, 0.2) is 72.8 Å². The molecule has 2 nitrogen and oxygen atoms in total. The molecule has 0 amide bonds. The van der Waals surface area contributed by atoms with E-state index in [1.165, 1.54) is 20.2 Å². The Labute approximate surface area is 145 Å². The Kier molecular flexibility index (Phi) is 4.07. The zero-order valence-corrected chi connectivity index (χ0v) is 14.0. The number of hydrogen-bond acceptors (Lipinski definition) is 3. The Morgan fingerprint density at radius 1 is 0.792 bits per heavy atom. The molecule has 2 unspecified atom stereocenters. The fourth-order valence-corrected chi connectivity index (χ4v) is 4.46. The molecule has 3 N–H and O–H groups in total. The molecule has 4 rings (SSSR count). The lowest BCUT2D eigenvalue weighted by molar-refractivity contribution is 0.165. The lowest BCUT2D eigenvalue weighted by atomic mass is 9.86. The smallest absolute Gasteiger partial charge is 0.0771 e. The molecule has 0 bridgehead atoms. The van der Waals surface area contributed by atoms with E-state index in [1.807, 2.05) is 18.2 Å². The zero-order chi connectivity index (χ0) is 16.5. The molecule has 120 valence electrons. The van der Waals surface area contributed by atoms with Gasteiger partial charge in [-0.3, -0.25) is 0 Å². The van der Waals surface area contributed by atoms with E-state index in [1.54, 1.807) is 11.3 Å². The van der Waals surface area contributed by atoms with Crippen LogP contribution in [0.25, 0.3) is 20.2 Å². The lowest BCUT2D eigenvalue weighted by Crippen LogP contribution is -2.28. The molecule has 0 aliphatic carbocycles. The van der Waals surface area contributed by atoms with E-state index >= 15 is 0 Å². The maximum Gasteiger partial charge on any atom is 0.0771 e. The van der Waals surface area contributed by atoms with Crippen LogP contribution in [-0.2, 0) is 0 Å². The van der Waals surface area contributed by atoms with E-state index in [2.05, 4.69) is 54.6 Å². The van der Waals surface area contributed by atoms with Gasteiger partial charge in [-0.05, 0) is 29.3 Å². The topological polar surface area (TPSA) is 46.2 Å².